The zero-order chi connectivity index (χ0) is 20.2. The Kier molecular flexibility index (Phi) is 5.29. The number of para-hydroxylation sites is 2. The van der Waals surface area contributed by atoms with E-state index >= 15 is 0 Å². The molecular formula is C24H22N2O3. The molecule has 29 heavy (non-hydrogen) atoms. The van der Waals surface area contributed by atoms with Crippen LogP contribution in [0.15, 0.2) is 77.6 Å². The molecule has 0 aliphatic carbocycles. The minimum atomic E-state index is -0.128. The fourth-order valence-corrected chi connectivity index (χ4v) is 3.44. The van der Waals surface area contributed by atoms with Crippen molar-refractivity contribution in [2.45, 2.75) is 13.5 Å². The highest BCUT2D eigenvalue weighted by molar-refractivity contribution is 5.94. The fraction of sp³-hybridized carbons (Fsp3) is 0.167. The van der Waals surface area contributed by atoms with Crippen molar-refractivity contribution in [3.8, 4) is 5.75 Å². The van der Waals surface area contributed by atoms with Crippen LogP contribution in [0.25, 0.3) is 21.8 Å². The molecule has 1 heterocycles. The number of aryl methyl sites for hydroxylation is 1. The molecule has 0 unspecified atom stereocenters. The summed E-state index contributed by atoms with van der Waals surface area (Å²) in [6, 6.07) is 22.6. The zero-order valence-corrected chi connectivity index (χ0v) is 16.2. The summed E-state index contributed by atoms with van der Waals surface area (Å²) in [5.74, 6) is 0.652. The van der Waals surface area contributed by atoms with Crippen LogP contribution in [-0.2, 0) is 11.3 Å². The Morgan fingerprint density at radius 1 is 0.897 bits per heavy atom. The average molecular weight is 386 g/mol. The van der Waals surface area contributed by atoms with Gasteiger partial charge in [0.1, 0.15) is 18.9 Å². The van der Waals surface area contributed by atoms with Gasteiger partial charge in [0.05, 0.1) is 17.6 Å². The molecule has 1 amide bonds. The van der Waals surface area contributed by atoms with E-state index in [0.29, 0.717) is 23.9 Å². The maximum Gasteiger partial charge on any atom is 0.240 e. The summed E-state index contributed by atoms with van der Waals surface area (Å²) < 4.78 is 7.55. The highest BCUT2D eigenvalue weighted by Gasteiger charge is 2.12. The van der Waals surface area contributed by atoms with Gasteiger partial charge in [-0.3, -0.25) is 9.59 Å². The molecule has 146 valence electrons. The van der Waals surface area contributed by atoms with Gasteiger partial charge in [-0.05, 0) is 43.3 Å². The van der Waals surface area contributed by atoms with Crippen molar-refractivity contribution in [3.63, 3.8) is 0 Å². The number of aromatic nitrogens is 1. The van der Waals surface area contributed by atoms with Crippen molar-refractivity contribution in [1.82, 2.24) is 9.88 Å². The number of nitrogens with one attached hydrogen (secondary N) is 1. The maximum atomic E-state index is 12.8. The SMILES string of the molecule is Cc1ccc(OCCNC(=O)Cn2c3ccccc3c(=O)c3ccccc32)cc1. The molecule has 0 saturated heterocycles. The summed E-state index contributed by atoms with van der Waals surface area (Å²) in [6.07, 6.45) is 0. The summed E-state index contributed by atoms with van der Waals surface area (Å²) >= 11 is 0. The Bertz CT molecular complexity index is 1170. The number of ether oxygens (including phenoxy) is 1. The van der Waals surface area contributed by atoms with E-state index in [-0.39, 0.29) is 17.9 Å². The first-order valence-corrected chi connectivity index (χ1v) is 9.60. The second-order valence-corrected chi connectivity index (χ2v) is 6.96. The Morgan fingerprint density at radius 3 is 2.10 bits per heavy atom. The Balaban J connectivity index is 1.49. The molecule has 0 radical (unpaired) electrons. The first kappa shape index (κ1) is 18.7. The molecule has 0 saturated carbocycles. The van der Waals surface area contributed by atoms with Gasteiger partial charge in [-0.2, -0.15) is 0 Å². The summed E-state index contributed by atoms with van der Waals surface area (Å²) in [6.45, 7) is 2.95. The molecule has 5 heteroatoms. The molecule has 4 rings (SSSR count). The third kappa shape index (κ3) is 3.99. The number of amides is 1. The van der Waals surface area contributed by atoms with Gasteiger partial charge in [0.25, 0.3) is 0 Å². The second-order valence-electron chi connectivity index (χ2n) is 6.96. The van der Waals surface area contributed by atoms with Crippen molar-refractivity contribution in [1.29, 1.82) is 0 Å². The van der Waals surface area contributed by atoms with E-state index in [1.54, 1.807) is 12.1 Å². The van der Waals surface area contributed by atoms with Crippen molar-refractivity contribution in [2.75, 3.05) is 13.2 Å². The first-order chi connectivity index (χ1) is 14.1. The minimum Gasteiger partial charge on any atom is -0.492 e. The Labute approximate surface area is 168 Å². The van der Waals surface area contributed by atoms with Crippen LogP contribution < -0.4 is 15.5 Å². The standard InChI is InChI=1S/C24H22N2O3/c1-17-10-12-18(13-11-17)29-15-14-25-23(27)16-26-21-8-4-2-6-19(21)24(28)20-7-3-5-9-22(20)26/h2-13H,14-16H2,1H3,(H,25,27). The Morgan fingerprint density at radius 2 is 1.48 bits per heavy atom. The summed E-state index contributed by atoms with van der Waals surface area (Å²) in [7, 11) is 0. The van der Waals surface area contributed by atoms with Crippen LogP contribution in [0.4, 0.5) is 0 Å². The van der Waals surface area contributed by atoms with E-state index in [2.05, 4.69) is 5.32 Å². The molecule has 4 aromatic rings. The van der Waals surface area contributed by atoms with E-state index in [4.69, 9.17) is 4.74 Å². The number of hydrogen-bond acceptors (Lipinski definition) is 3. The number of carbonyl (C=O) groups is 1. The molecule has 0 spiro atoms. The van der Waals surface area contributed by atoms with Crippen LogP contribution in [0.5, 0.6) is 5.75 Å². The number of carbonyl (C=O) groups excluding carboxylic acids is 1. The fourth-order valence-electron chi connectivity index (χ4n) is 3.44. The molecule has 1 N–H and O–H groups in total. The lowest BCUT2D eigenvalue weighted by Crippen LogP contribution is -2.31. The van der Waals surface area contributed by atoms with Crippen LogP contribution in [0, 0.1) is 6.92 Å². The number of rotatable bonds is 6. The average Bonchev–Trinajstić information content (AvgIpc) is 2.75. The predicted octanol–water partition coefficient (Wildman–Crippen LogP) is 3.66. The number of pyridine rings is 1. The van der Waals surface area contributed by atoms with E-state index in [1.807, 2.05) is 72.2 Å². The predicted molar refractivity (Wildman–Crippen MR) is 115 cm³/mol. The van der Waals surface area contributed by atoms with Crippen LogP contribution in [0.2, 0.25) is 0 Å². The number of nitrogens with zero attached hydrogens (tertiary/aromatic N) is 1. The van der Waals surface area contributed by atoms with Gasteiger partial charge in [-0.1, -0.05) is 42.0 Å². The lowest BCUT2D eigenvalue weighted by atomic mass is 10.1. The molecule has 0 atom stereocenters. The molecular weight excluding hydrogens is 364 g/mol. The minimum absolute atomic E-state index is 0.0145. The van der Waals surface area contributed by atoms with E-state index in [0.717, 1.165) is 16.8 Å². The van der Waals surface area contributed by atoms with Crippen LogP contribution in [-0.4, -0.2) is 23.6 Å². The van der Waals surface area contributed by atoms with Crippen molar-refractivity contribution in [3.05, 3.63) is 88.6 Å². The van der Waals surface area contributed by atoms with Gasteiger partial charge in [-0.15, -0.1) is 0 Å². The topological polar surface area (TPSA) is 60.3 Å². The third-order valence-electron chi connectivity index (χ3n) is 4.89. The normalized spacial score (nSPS) is 10.9. The van der Waals surface area contributed by atoms with Gasteiger partial charge in [-0.25, -0.2) is 0 Å². The monoisotopic (exact) mass is 386 g/mol. The molecule has 0 bridgehead atoms. The molecule has 3 aromatic carbocycles. The van der Waals surface area contributed by atoms with Gasteiger partial charge in [0.2, 0.25) is 5.91 Å². The van der Waals surface area contributed by atoms with Gasteiger partial charge in [0, 0.05) is 10.8 Å². The number of hydrogen-bond donors (Lipinski definition) is 1. The number of fused-ring (bicyclic) bond motifs is 2. The molecule has 0 fully saturated rings. The highest BCUT2D eigenvalue weighted by atomic mass is 16.5. The second kappa shape index (κ2) is 8.19. The molecule has 5 nitrogen and oxygen atoms in total. The molecule has 0 aliphatic rings. The van der Waals surface area contributed by atoms with Crippen molar-refractivity contribution >= 4 is 27.7 Å². The maximum absolute atomic E-state index is 12.8. The lowest BCUT2D eigenvalue weighted by Gasteiger charge is -2.15. The summed E-state index contributed by atoms with van der Waals surface area (Å²) in [5, 5.41) is 4.12. The van der Waals surface area contributed by atoms with Crippen molar-refractivity contribution in [2.24, 2.45) is 0 Å². The summed E-state index contributed by atoms with van der Waals surface area (Å²) in [4.78, 5) is 25.3. The highest BCUT2D eigenvalue weighted by Crippen LogP contribution is 2.19. The quantitative estimate of drug-likeness (QED) is 0.406. The summed E-state index contributed by atoms with van der Waals surface area (Å²) in [5.41, 5.74) is 2.66. The van der Waals surface area contributed by atoms with Gasteiger partial charge in [0.15, 0.2) is 5.43 Å². The molecule has 0 aliphatic heterocycles. The van der Waals surface area contributed by atoms with Crippen LogP contribution in [0.1, 0.15) is 5.56 Å². The smallest absolute Gasteiger partial charge is 0.240 e. The van der Waals surface area contributed by atoms with Crippen LogP contribution >= 0.6 is 0 Å². The van der Waals surface area contributed by atoms with E-state index in [1.165, 1.54) is 5.56 Å². The van der Waals surface area contributed by atoms with Gasteiger partial charge < -0.3 is 14.6 Å². The van der Waals surface area contributed by atoms with Crippen molar-refractivity contribution < 1.29 is 9.53 Å². The molecule has 1 aromatic heterocycles. The third-order valence-corrected chi connectivity index (χ3v) is 4.89. The van der Waals surface area contributed by atoms with E-state index in [9.17, 15) is 9.59 Å². The van der Waals surface area contributed by atoms with Crippen LogP contribution in [0.3, 0.4) is 0 Å². The Hall–Kier alpha value is -3.60. The lowest BCUT2D eigenvalue weighted by molar-refractivity contribution is -0.121. The van der Waals surface area contributed by atoms with Gasteiger partial charge >= 0.3 is 0 Å². The van der Waals surface area contributed by atoms with E-state index < -0.39 is 0 Å². The zero-order valence-electron chi connectivity index (χ0n) is 16.2. The number of benzene rings is 3. The largest absolute Gasteiger partial charge is 0.492 e. The first-order valence-electron chi connectivity index (χ1n) is 9.60.